The summed E-state index contributed by atoms with van der Waals surface area (Å²) in [5.41, 5.74) is -0.359. The molecule has 0 amide bonds. The third-order valence-corrected chi connectivity index (χ3v) is 5.49. The molecule has 1 fully saturated rings. The lowest BCUT2D eigenvalue weighted by molar-refractivity contribution is -0.153. The molecule has 1 aliphatic rings. The molecule has 0 spiro atoms. The highest BCUT2D eigenvalue weighted by molar-refractivity contribution is 14.1. The Kier molecular flexibility index (Phi) is 8.30. The van der Waals surface area contributed by atoms with Gasteiger partial charge in [-0.1, -0.05) is 6.92 Å². The standard InChI is InChI=1S/C21H24INO5/c1-3-12-28-18(14-25)19(23-17-9-7-16(22)8-10-17)21(20(26)27-4-2)11-5-6-15(21)13-24/h7-10,19,23H,3-6,11-12H2,1-2H3. The summed E-state index contributed by atoms with van der Waals surface area (Å²) in [6.45, 7) is 4.08. The SMILES string of the molecule is CCCOC(=C=O)C(Nc1ccc(I)cc1)C1(C(=O)OCC)CCCC1=C=O. The van der Waals surface area contributed by atoms with Gasteiger partial charge in [0.15, 0.2) is 5.94 Å². The zero-order valence-electron chi connectivity index (χ0n) is 16.0. The van der Waals surface area contributed by atoms with Gasteiger partial charge in [-0.3, -0.25) is 4.79 Å². The Balaban J connectivity index is 2.58. The van der Waals surface area contributed by atoms with Gasteiger partial charge in [0.05, 0.1) is 13.2 Å². The monoisotopic (exact) mass is 497 g/mol. The predicted octanol–water partition coefficient (Wildman–Crippen LogP) is 3.71. The minimum absolute atomic E-state index is 0.0388. The summed E-state index contributed by atoms with van der Waals surface area (Å²) in [5, 5.41) is 3.22. The van der Waals surface area contributed by atoms with Gasteiger partial charge >= 0.3 is 5.97 Å². The molecule has 28 heavy (non-hydrogen) atoms. The molecule has 1 aliphatic carbocycles. The van der Waals surface area contributed by atoms with E-state index in [0.29, 0.717) is 43.6 Å². The van der Waals surface area contributed by atoms with Gasteiger partial charge in [-0.2, -0.15) is 0 Å². The largest absolute Gasteiger partial charge is 0.485 e. The van der Waals surface area contributed by atoms with Gasteiger partial charge in [0.25, 0.3) is 0 Å². The third kappa shape index (κ3) is 4.66. The molecule has 0 aromatic heterocycles. The van der Waals surface area contributed by atoms with E-state index in [1.165, 1.54) is 0 Å². The summed E-state index contributed by atoms with van der Waals surface area (Å²) >= 11 is 2.19. The molecule has 2 unspecified atom stereocenters. The summed E-state index contributed by atoms with van der Waals surface area (Å²) in [6, 6.07) is 6.58. The molecule has 0 radical (unpaired) electrons. The van der Waals surface area contributed by atoms with Crippen LogP contribution in [0.2, 0.25) is 0 Å². The van der Waals surface area contributed by atoms with E-state index in [9.17, 15) is 14.4 Å². The van der Waals surface area contributed by atoms with E-state index in [1.807, 2.05) is 43.1 Å². The van der Waals surface area contributed by atoms with Crippen molar-refractivity contribution in [2.24, 2.45) is 5.41 Å². The van der Waals surface area contributed by atoms with Crippen LogP contribution in [0.25, 0.3) is 0 Å². The van der Waals surface area contributed by atoms with Crippen LogP contribution in [-0.4, -0.2) is 37.1 Å². The number of hydrogen-bond acceptors (Lipinski definition) is 6. The van der Waals surface area contributed by atoms with Crippen LogP contribution in [-0.2, 0) is 23.9 Å². The first-order valence-corrected chi connectivity index (χ1v) is 10.4. The second-order valence-corrected chi connectivity index (χ2v) is 7.77. The van der Waals surface area contributed by atoms with E-state index in [-0.39, 0.29) is 12.4 Å². The van der Waals surface area contributed by atoms with Gasteiger partial charge in [-0.15, -0.1) is 0 Å². The number of rotatable bonds is 9. The maximum absolute atomic E-state index is 13.1. The Bertz CT molecular complexity index is 794. The molecule has 1 aromatic carbocycles. The Morgan fingerprint density at radius 1 is 1.25 bits per heavy atom. The minimum Gasteiger partial charge on any atom is -0.485 e. The van der Waals surface area contributed by atoms with Crippen LogP contribution in [0.4, 0.5) is 5.69 Å². The smallest absolute Gasteiger partial charge is 0.319 e. The van der Waals surface area contributed by atoms with Crippen LogP contribution >= 0.6 is 22.6 Å². The van der Waals surface area contributed by atoms with Crippen molar-refractivity contribution in [3.8, 4) is 0 Å². The van der Waals surface area contributed by atoms with Crippen LogP contribution in [0.5, 0.6) is 0 Å². The highest BCUT2D eigenvalue weighted by atomic mass is 127. The Hall–Kier alpha value is -2.08. The van der Waals surface area contributed by atoms with Crippen molar-refractivity contribution in [1.29, 1.82) is 0 Å². The highest BCUT2D eigenvalue weighted by Crippen LogP contribution is 2.48. The number of carbonyl (C=O) groups is 1. The first-order valence-electron chi connectivity index (χ1n) is 9.35. The molecule has 7 heteroatoms. The Morgan fingerprint density at radius 2 is 1.96 bits per heavy atom. The molecular formula is C21H24INO5. The van der Waals surface area contributed by atoms with Crippen molar-refractivity contribution in [3.05, 3.63) is 39.2 Å². The van der Waals surface area contributed by atoms with E-state index in [0.717, 1.165) is 3.57 Å². The molecule has 2 rings (SSSR count). The fourth-order valence-electron chi connectivity index (χ4n) is 3.49. The average molecular weight is 497 g/mol. The van der Waals surface area contributed by atoms with E-state index in [1.54, 1.807) is 6.92 Å². The van der Waals surface area contributed by atoms with Gasteiger partial charge in [0.2, 0.25) is 5.76 Å². The third-order valence-electron chi connectivity index (χ3n) is 4.77. The predicted molar refractivity (Wildman–Crippen MR) is 114 cm³/mol. The van der Waals surface area contributed by atoms with Crippen LogP contribution < -0.4 is 5.32 Å². The minimum atomic E-state index is -1.35. The molecule has 0 saturated heterocycles. The molecule has 6 nitrogen and oxygen atoms in total. The molecular weight excluding hydrogens is 473 g/mol. The van der Waals surface area contributed by atoms with Crippen molar-refractivity contribution < 1.29 is 23.9 Å². The molecule has 2 atom stereocenters. The van der Waals surface area contributed by atoms with Crippen molar-refractivity contribution in [3.63, 3.8) is 0 Å². The molecule has 0 aliphatic heterocycles. The number of benzene rings is 1. The van der Waals surface area contributed by atoms with E-state index in [2.05, 4.69) is 27.9 Å². The summed E-state index contributed by atoms with van der Waals surface area (Å²) in [4.78, 5) is 36.5. The molecule has 0 heterocycles. The molecule has 1 aromatic rings. The quantitative estimate of drug-likeness (QED) is 0.243. The number of hydrogen-bond donors (Lipinski definition) is 1. The first kappa shape index (κ1) is 22.2. The summed E-state index contributed by atoms with van der Waals surface area (Å²) in [6.07, 6.45) is 2.09. The number of halogens is 1. The summed E-state index contributed by atoms with van der Waals surface area (Å²) in [5.74, 6) is 3.18. The van der Waals surface area contributed by atoms with Crippen LogP contribution in [0.3, 0.4) is 0 Å². The van der Waals surface area contributed by atoms with Gasteiger partial charge in [-0.25, -0.2) is 9.59 Å². The maximum atomic E-state index is 13.1. The molecule has 150 valence electrons. The highest BCUT2D eigenvalue weighted by Gasteiger charge is 2.56. The van der Waals surface area contributed by atoms with Crippen LogP contribution in [0, 0.1) is 8.99 Å². The topological polar surface area (TPSA) is 81.7 Å². The first-order chi connectivity index (χ1) is 13.5. The van der Waals surface area contributed by atoms with E-state index >= 15 is 0 Å². The van der Waals surface area contributed by atoms with Crippen molar-refractivity contribution >= 4 is 46.1 Å². The number of anilines is 1. The lowest BCUT2D eigenvalue weighted by atomic mass is 9.74. The van der Waals surface area contributed by atoms with Crippen molar-refractivity contribution in [1.82, 2.24) is 0 Å². The Morgan fingerprint density at radius 3 is 2.54 bits per heavy atom. The Labute approximate surface area is 178 Å². The molecule has 1 N–H and O–H groups in total. The molecule has 0 bridgehead atoms. The zero-order valence-corrected chi connectivity index (χ0v) is 18.2. The van der Waals surface area contributed by atoms with E-state index < -0.39 is 17.4 Å². The van der Waals surface area contributed by atoms with Gasteiger partial charge < -0.3 is 14.8 Å². The fourth-order valence-corrected chi connectivity index (χ4v) is 3.85. The average Bonchev–Trinajstić information content (AvgIpc) is 3.14. The fraction of sp³-hybridized carbons (Fsp3) is 0.476. The van der Waals surface area contributed by atoms with Crippen molar-refractivity contribution in [2.75, 3.05) is 18.5 Å². The maximum Gasteiger partial charge on any atom is 0.319 e. The number of esters is 1. The number of carbonyl (C=O) groups excluding carboxylic acids is 3. The molecule has 1 saturated carbocycles. The van der Waals surface area contributed by atoms with Crippen LogP contribution in [0.1, 0.15) is 39.5 Å². The second-order valence-electron chi connectivity index (χ2n) is 6.53. The van der Waals surface area contributed by atoms with Gasteiger partial charge in [0, 0.05) is 14.8 Å². The van der Waals surface area contributed by atoms with Gasteiger partial charge in [0.1, 0.15) is 17.4 Å². The van der Waals surface area contributed by atoms with Gasteiger partial charge in [-0.05, 0) is 79.5 Å². The summed E-state index contributed by atoms with van der Waals surface area (Å²) in [7, 11) is 0. The zero-order chi connectivity index (χ0) is 20.6. The number of ether oxygens (including phenoxy) is 2. The number of nitrogens with one attached hydrogen (secondary N) is 1. The van der Waals surface area contributed by atoms with E-state index in [4.69, 9.17) is 9.47 Å². The lowest BCUT2D eigenvalue weighted by Gasteiger charge is -2.36. The van der Waals surface area contributed by atoms with Crippen LogP contribution in [0.15, 0.2) is 35.6 Å². The summed E-state index contributed by atoms with van der Waals surface area (Å²) < 4.78 is 12.0. The van der Waals surface area contributed by atoms with Crippen molar-refractivity contribution in [2.45, 2.75) is 45.6 Å². The lowest BCUT2D eigenvalue weighted by Crippen LogP contribution is -2.49. The second kappa shape index (κ2) is 10.5. The normalized spacial score (nSPS) is 19.3.